The van der Waals surface area contributed by atoms with Crippen LogP contribution in [0.25, 0.3) is 6.08 Å². The standard InChI is InChI=1S/C24H16Br2ClN3O4/c25-19-11-14(10-18-23(32)29-30(24(18)33)17-4-2-1-3-5-17)12-20(26)22(19)34-13-21(31)28-16-8-6-15(27)7-9-16/h1-12H,13H2,(H,28,31)(H,29,32)/b18-10-. The van der Waals surface area contributed by atoms with Crippen molar-refractivity contribution in [3.63, 3.8) is 0 Å². The zero-order valence-corrected chi connectivity index (χ0v) is 21.3. The quantitative estimate of drug-likeness (QED) is 0.293. The van der Waals surface area contributed by atoms with E-state index in [-0.39, 0.29) is 18.1 Å². The van der Waals surface area contributed by atoms with Crippen LogP contribution in [0.15, 0.2) is 81.2 Å². The summed E-state index contributed by atoms with van der Waals surface area (Å²) in [5.41, 5.74) is 4.31. The van der Waals surface area contributed by atoms with E-state index < -0.39 is 11.8 Å². The van der Waals surface area contributed by atoms with Crippen LogP contribution in [-0.2, 0) is 14.4 Å². The van der Waals surface area contributed by atoms with Gasteiger partial charge in [0.2, 0.25) is 0 Å². The predicted octanol–water partition coefficient (Wildman–Crippen LogP) is 5.34. The number of nitrogens with zero attached hydrogens (tertiary/aromatic N) is 1. The van der Waals surface area contributed by atoms with Gasteiger partial charge in [-0.05, 0) is 92.0 Å². The molecule has 1 aliphatic heterocycles. The van der Waals surface area contributed by atoms with Gasteiger partial charge in [0.15, 0.2) is 6.61 Å². The summed E-state index contributed by atoms with van der Waals surface area (Å²) in [4.78, 5) is 37.4. The van der Waals surface area contributed by atoms with Crippen LogP contribution in [0, 0.1) is 0 Å². The Labute approximate surface area is 217 Å². The summed E-state index contributed by atoms with van der Waals surface area (Å²) < 4.78 is 6.74. The second-order valence-corrected chi connectivity index (χ2v) is 9.28. The Morgan fingerprint density at radius 3 is 2.32 bits per heavy atom. The van der Waals surface area contributed by atoms with Crippen LogP contribution in [0.3, 0.4) is 0 Å². The lowest BCUT2D eigenvalue weighted by Crippen LogP contribution is -2.35. The summed E-state index contributed by atoms with van der Waals surface area (Å²) in [6.07, 6.45) is 1.49. The van der Waals surface area contributed by atoms with Gasteiger partial charge >= 0.3 is 0 Å². The minimum atomic E-state index is -0.500. The molecule has 2 N–H and O–H groups in total. The summed E-state index contributed by atoms with van der Waals surface area (Å²) in [5, 5.41) is 4.49. The molecule has 0 bridgehead atoms. The molecule has 0 saturated carbocycles. The number of ether oxygens (including phenoxy) is 1. The molecule has 3 aromatic rings. The Bertz CT molecular complexity index is 1270. The lowest BCUT2D eigenvalue weighted by molar-refractivity contribution is -0.118. The van der Waals surface area contributed by atoms with Crippen molar-refractivity contribution >= 4 is 78.6 Å². The zero-order valence-electron chi connectivity index (χ0n) is 17.3. The number of amides is 3. The molecule has 0 unspecified atom stereocenters. The number of hydrazine groups is 1. The fourth-order valence-electron chi connectivity index (χ4n) is 3.15. The third-order valence-electron chi connectivity index (χ3n) is 4.71. The van der Waals surface area contributed by atoms with Gasteiger partial charge in [-0.15, -0.1) is 0 Å². The van der Waals surface area contributed by atoms with E-state index in [0.717, 1.165) is 0 Å². The van der Waals surface area contributed by atoms with Crippen molar-refractivity contribution in [2.45, 2.75) is 0 Å². The van der Waals surface area contributed by atoms with Crippen molar-refractivity contribution in [1.29, 1.82) is 0 Å². The minimum Gasteiger partial charge on any atom is -0.481 e. The Morgan fingerprint density at radius 1 is 1.03 bits per heavy atom. The smallest absolute Gasteiger partial charge is 0.282 e. The normalized spacial score (nSPS) is 14.3. The molecule has 1 aliphatic rings. The highest BCUT2D eigenvalue weighted by atomic mass is 79.9. The summed E-state index contributed by atoms with van der Waals surface area (Å²) >= 11 is 12.7. The van der Waals surface area contributed by atoms with Crippen molar-refractivity contribution < 1.29 is 19.1 Å². The lowest BCUT2D eigenvalue weighted by atomic mass is 10.1. The molecule has 7 nitrogen and oxygen atoms in total. The number of hydrogen-bond acceptors (Lipinski definition) is 4. The fraction of sp³-hybridized carbons (Fsp3) is 0.0417. The first-order valence-corrected chi connectivity index (χ1v) is 11.9. The van der Waals surface area contributed by atoms with Crippen LogP contribution in [-0.4, -0.2) is 24.3 Å². The third-order valence-corrected chi connectivity index (χ3v) is 6.14. The van der Waals surface area contributed by atoms with E-state index in [4.69, 9.17) is 16.3 Å². The SMILES string of the molecule is O=C(COc1c(Br)cc(/C=C2/C(=O)NN(c3ccccc3)C2=O)cc1Br)Nc1ccc(Cl)cc1. The number of benzene rings is 3. The van der Waals surface area contributed by atoms with Crippen LogP contribution in [0.2, 0.25) is 5.02 Å². The van der Waals surface area contributed by atoms with Crippen LogP contribution in [0.1, 0.15) is 5.56 Å². The third kappa shape index (κ3) is 5.49. The number of para-hydroxylation sites is 1. The molecule has 10 heteroatoms. The molecule has 0 atom stereocenters. The van der Waals surface area contributed by atoms with Gasteiger partial charge in [0.25, 0.3) is 17.7 Å². The molecule has 3 amide bonds. The molecule has 0 radical (unpaired) electrons. The van der Waals surface area contributed by atoms with Gasteiger partial charge in [-0.3, -0.25) is 19.8 Å². The highest BCUT2D eigenvalue weighted by molar-refractivity contribution is 9.11. The maximum absolute atomic E-state index is 12.8. The fourth-order valence-corrected chi connectivity index (χ4v) is 4.73. The Hall–Kier alpha value is -3.14. The zero-order chi connectivity index (χ0) is 24.2. The Kier molecular flexibility index (Phi) is 7.35. The van der Waals surface area contributed by atoms with Gasteiger partial charge < -0.3 is 10.1 Å². The summed E-state index contributed by atoms with van der Waals surface area (Å²) in [6, 6.07) is 18.9. The van der Waals surface area contributed by atoms with Gasteiger partial charge in [-0.1, -0.05) is 29.8 Å². The van der Waals surface area contributed by atoms with Crippen LogP contribution in [0.5, 0.6) is 5.75 Å². The number of nitrogens with one attached hydrogen (secondary N) is 2. The monoisotopic (exact) mass is 603 g/mol. The first-order valence-electron chi connectivity index (χ1n) is 9.91. The molecular formula is C24H16Br2ClN3O4. The maximum atomic E-state index is 12.8. The Balaban J connectivity index is 1.46. The molecule has 0 spiro atoms. The van der Waals surface area contributed by atoms with E-state index in [1.165, 1.54) is 11.1 Å². The number of halogens is 3. The van der Waals surface area contributed by atoms with E-state index in [0.29, 0.717) is 36.7 Å². The molecule has 4 rings (SSSR count). The maximum Gasteiger partial charge on any atom is 0.282 e. The van der Waals surface area contributed by atoms with E-state index in [1.54, 1.807) is 60.7 Å². The van der Waals surface area contributed by atoms with Gasteiger partial charge in [-0.25, -0.2) is 5.01 Å². The molecule has 1 fully saturated rings. The van der Waals surface area contributed by atoms with E-state index >= 15 is 0 Å². The average Bonchev–Trinajstić information content (AvgIpc) is 3.09. The number of rotatable bonds is 6. The number of anilines is 2. The first kappa shape index (κ1) is 24.0. The molecule has 0 aliphatic carbocycles. The molecule has 1 saturated heterocycles. The second kappa shape index (κ2) is 10.4. The van der Waals surface area contributed by atoms with Crippen molar-refractivity contribution in [3.8, 4) is 5.75 Å². The second-order valence-electron chi connectivity index (χ2n) is 7.13. The molecule has 172 valence electrons. The van der Waals surface area contributed by atoms with Crippen LogP contribution >= 0.6 is 43.5 Å². The van der Waals surface area contributed by atoms with E-state index in [9.17, 15) is 14.4 Å². The Morgan fingerprint density at radius 2 is 1.68 bits per heavy atom. The topological polar surface area (TPSA) is 87.7 Å². The first-order chi connectivity index (χ1) is 16.3. The summed E-state index contributed by atoms with van der Waals surface area (Å²) in [7, 11) is 0. The molecule has 0 aromatic heterocycles. The van der Waals surface area contributed by atoms with Crippen molar-refractivity contribution in [2.24, 2.45) is 0 Å². The number of carbonyl (C=O) groups excluding carboxylic acids is 3. The molecule has 3 aromatic carbocycles. The highest BCUT2D eigenvalue weighted by Gasteiger charge is 2.34. The van der Waals surface area contributed by atoms with Gasteiger partial charge in [-0.2, -0.15) is 0 Å². The summed E-state index contributed by atoms with van der Waals surface area (Å²) in [6.45, 7) is -0.229. The minimum absolute atomic E-state index is 0.00124. The number of carbonyl (C=O) groups is 3. The molecular weight excluding hydrogens is 590 g/mol. The molecule has 34 heavy (non-hydrogen) atoms. The lowest BCUT2D eigenvalue weighted by Gasteiger charge is -2.14. The predicted molar refractivity (Wildman–Crippen MR) is 137 cm³/mol. The molecule has 1 heterocycles. The number of hydrogen-bond donors (Lipinski definition) is 2. The largest absolute Gasteiger partial charge is 0.481 e. The van der Waals surface area contributed by atoms with Crippen molar-refractivity contribution in [3.05, 3.63) is 91.8 Å². The van der Waals surface area contributed by atoms with E-state index in [2.05, 4.69) is 42.6 Å². The van der Waals surface area contributed by atoms with Gasteiger partial charge in [0, 0.05) is 10.7 Å². The summed E-state index contributed by atoms with van der Waals surface area (Å²) in [5.74, 6) is -0.897. The van der Waals surface area contributed by atoms with Crippen molar-refractivity contribution in [2.75, 3.05) is 16.9 Å². The van der Waals surface area contributed by atoms with Crippen molar-refractivity contribution in [1.82, 2.24) is 5.43 Å². The van der Waals surface area contributed by atoms with E-state index in [1.807, 2.05) is 6.07 Å². The van der Waals surface area contributed by atoms with Gasteiger partial charge in [0.05, 0.1) is 14.6 Å². The van der Waals surface area contributed by atoms with Crippen LogP contribution < -0.4 is 20.5 Å². The van der Waals surface area contributed by atoms with Crippen LogP contribution in [0.4, 0.5) is 11.4 Å². The average molecular weight is 606 g/mol. The van der Waals surface area contributed by atoms with Gasteiger partial charge in [0.1, 0.15) is 11.3 Å². The highest BCUT2D eigenvalue weighted by Crippen LogP contribution is 2.36.